The molecule has 0 aliphatic rings. The Morgan fingerprint density at radius 1 is 1.21 bits per heavy atom. The lowest BCUT2D eigenvalue weighted by Gasteiger charge is -2.01. The third-order valence-electron chi connectivity index (χ3n) is 3.47. The van der Waals surface area contributed by atoms with Crippen molar-refractivity contribution in [2.45, 2.75) is 13.3 Å². The van der Waals surface area contributed by atoms with Crippen LogP contribution in [0.4, 0.5) is 8.78 Å². The lowest BCUT2D eigenvalue weighted by atomic mass is 10.0. The van der Waals surface area contributed by atoms with Crippen molar-refractivity contribution in [2.24, 2.45) is 5.73 Å². The zero-order valence-electron chi connectivity index (χ0n) is 12.8. The summed E-state index contributed by atoms with van der Waals surface area (Å²) in [5, 5.41) is 4.33. The van der Waals surface area contributed by atoms with Gasteiger partial charge in [0.05, 0.1) is 12.1 Å². The number of hydrogen-bond donors (Lipinski definition) is 1. The van der Waals surface area contributed by atoms with Crippen LogP contribution in [0.2, 0.25) is 0 Å². The number of carbonyl (C=O) groups is 1. The minimum atomic E-state index is -0.973. The SMILES string of the molecule is Cc1cccc(-n2cc(-c3ccc(F)c(F)c3)c(CC(N)=O)n2)n1. The minimum Gasteiger partial charge on any atom is -0.369 e. The monoisotopic (exact) mass is 328 g/mol. The van der Waals surface area contributed by atoms with Gasteiger partial charge in [-0.1, -0.05) is 12.1 Å². The highest BCUT2D eigenvalue weighted by molar-refractivity contribution is 5.79. The highest BCUT2D eigenvalue weighted by Crippen LogP contribution is 2.26. The Labute approximate surface area is 136 Å². The summed E-state index contributed by atoms with van der Waals surface area (Å²) in [6.45, 7) is 1.84. The summed E-state index contributed by atoms with van der Waals surface area (Å²) in [6, 6.07) is 8.93. The molecule has 0 unspecified atom stereocenters. The third-order valence-corrected chi connectivity index (χ3v) is 3.47. The van der Waals surface area contributed by atoms with Crippen molar-refractivity contribution >= 4 is 5.91 Å². The maximum atomic E-state index is 13.5. The van der Waals surface area contributed by atoms with E-state index in [0.29, 0.717) is 22.6 Å². The maximum absolute atomic E-state index is 13.5. The Kier molecular flexibility index (Phi) is 4.07. The summed E-state index contributed by atoms with van der Waals surface area (Å²) in [7, 11) is 0. The summed E-state index contributed by atoms with van der Waals surface area (Å²) in [6.07, 6.45) is 1.50. The number of nitrogens with zero attached hydrogens (tertiary/aromatic N) is 3. The zero-order chi connectivity index (χ0) is 17.3. The van der Waals surface area contributed by atoms with Crippen molar-refractivity contribution in [1.82, 2.24) is 14.8 Å². The summed E-state index contributed by atoms with van der Waals surface area (Å²) < 4.78 is 28.2. The molecule has 24 heavy (non-hydrogen) atoms. The second-order valence-electron chi connectivity index (χ2n) is 5.34. The van der Waals surface area contributed by atoms with Crippen molar-refractivity contribution in [3.05, 3.63) is 65.6 Å². The van der Waals surface area contributed by atoms with E-state index in [1.54, 1.807) is 12.3 Å². The molecule has 5 nitrogen and oxygen atoms in total. The number of halogens is 2. The summed E-state index contributed by atoms with van der Waals surface area (Å²) >= 11 is 0. The maximum Gasteiger partial charge on any atom is 0.223 e. The Bertz CT molecular complexity index is 921. The number of carbonyl (C=O) groups excluding carboxylic acids is 1. The highest BCUT2D eigenvalue weighted by Gasteiger charge is 2.16. The van der Waals surface area contributed by atoms with Gasteiger partial charge in [-0.3, -0.25) is 4.79 Å². The van der Waals surface area contributed by atoms with Crippen LogP contribution in [0.15, 0.2) is 42.6 Å². The van der Waals surface area contributed by atoms with Crippen LogP contribution in [-0.2, 0) is 11.2 Å². The molecule has 0 saturated carbocycles. The van der Waals surface area contributed by atoms with Crippen LogP contribution in [-0.4, -0.2) is 20.7 Å². The van der Waals surface area contributed by atoms with E-state index in [0.717, 1.165) is 17.8 Å². The van der Waals surface area contributed by atoms with Crippen LogP contribution >= 0.6 is 0 Å². The van der Waals surface area contributed by atoms with Gasteiger partial charge in [0.2, 0.25) is 5.91 Å². The molecule has 3 aromatic rings. The van der Waals surface area contributed by atoms with Gasteiger partial charge in [-0.25, -0.2) is 18.4 Å². The van der Waals surface area contributed by atoms with Crippen LogP contribution in [0.25, 0.3) is 16.9 Å². The number of pyridine rings is 1. The Hall–Kier alpha value is -3.09. The van der Waals surface area contributed by atoms with E-state index in [2.05, 4.69) is 10.1 Å². The molecule has 7 heteroatoms. The normalized spacial score (nSPS) is 10.8. The molecule has 0 radical (unpaired) electrons. The topological polar surface area (TPSA) is 73.8 Å². The van der Waals surface area contributed by atoms with Crippen LogP contribution in [0.3, 0.4) is 0 Å². The first-order chi connectivity index (χ1) is 11.4. The number of primary amides is 1. The third kappa shape index (κ3) is 3.15. The molecule has 0 atom stereocenters. The quantitative estimate of drug-likeness (QED) is 0.800. The van der Waals surface area contributed by atoms with Crippen LogP contribution in [0, 0.1) is 18.6 Å². The van der Waals surface area contributed by atoms with Gasteiger partial charge in [0, 0.05) is 17.5 Å². The molecule has 0 bridgehead atoms. The zero-order valence-corrected chi connectivity index (χ0v) is 12.8. The van der Waals surface area contributed by atoms with Crippen molar-refractivity contribution in [3.63, 3.8) is 0 Å². The molecule has 0 fully saturated rings. The average Bonchev–Trinajstić information content (AvgIpc) is 2.93. The number of aromatic nitrogens is 3. The van der Waals surface area contributed by atoms with Gasteiger partial charge in [-0.15, -0.1) is 0 Å². The van der Waals surface area contributed by atoms with Crippen molar-refractivity contribution in [1.29, 1.82) is 0 Å². The fraction of sp³-hybridized carbons (Fsp3) is 0.118. The first-order valence-electron chi connectivity index (χ1n) is 7.20. The first-order valence-corrected chi connectivity index (χ1v) is 7.20. The van der Waals surface area contributed by atoms with Crippen molar-refractivity contribution < 1.29 is 13.6 Å². The predicted molar refractivity (Wildman–Crippen MR) is 84.3 cm³/mol. The number of rotatable bonds is 4. The van der Waals surface area contributed by atoms with Gasteiger partial charge in [-0.05, 0) is 36.8 Å². The molecule has 2 heterocycles. The fourth-order valence-electron chi connectivity index (χ4n) is 2.38. The van der Waals surface area contributed by atoms with Gasteiger partial charge in [-0.2, -0.15) is 5.10 Å². The van der Waals surface area contributed by atoms with E-state index in [-0.39, 0.29) is 6.42 Å². The average molecular weight is 328 g/mol. The molecule has 1 aromatic carbocycles. The van der Waals surface area contributed by atoms with Gasteiger partial charge < -0.3 is 5.73 Å². The molecule has 122 valence electrons. The molecule has 0 aliphatic carbocycles. The molecule has 0 aliphatic heterocycles. The molecular formula is C17H14F2N4O. The molecule has 2 N–H and O–H groups in total. The lowest BCUT2D eigenvalue weighted by molar-refractivity contribution is -0.117. The van der Waals surface area contributed by atoms with Crippen molar-refractivity contribution in [3.8, 4) is 16.9 Å². The molecule has 0 spiro atoms. The van der Waals surface area contributed by atoms with Crippen LogP contribution < -0.4 is 5.73 Å². The smallest absolute Gasteiger partial charge is 0.223 e. The number of benzene rings is 1. The number of nitrogens with two attached hydrogens (primary N) is 1. The van der Waals surface area contributed by atoms with E-state index < -0.39 is 17.5 Å². The van der Waals surface area contributed by atoms with E-state index in [9.17, 15) is 13.6 Å². The highest BCUT2D eigenvalue weighted by atomic mass is 19.2. The second-order valence-corrected chi connectivity index (χ2v) is 5.34. The molecular weight excluding hydrogens is 314 g/mol. The summed E-state index contributed by atoms with van der Waals surface area (Å²) in [5.41, 5.74) is 7.33. The van der Waals surface area contributed by atoms with Crippen LogP contribution in [0.5, 0.6) is 0 Å². The van der Waals surface area contributed by atoms with Gasteiger partial charge in [0.15, 0.2) is 17.5 Å². The molecule has 0 saturated heterocycles. The van der Waals surface area contributed by atoms with E-state index >= 15 is 0 Å². The second kappa shape index (κ2) is 6.19. The van der Waals surface area contributed by atoms with Gasteiger partial charge >= 0.3 is 0 Å². The minimum absolute atomic E-state index is 0.118. The molecule has 1 amide bonds. The predicted octanol–water partition coefficient (Wildman–Crippen LogP) is 2.55. The summed E-state index contributed by atoms with van der Waals surface area (Å²) in [5.74, 6) is -1.93. The fourth-order valence-corrected chi connectivity index (χ4v) is 2.38. The Morgan fingerprint density at radius 3 is 2.67 bits per heavy atom. The van der Waals surface area contributed by atoms with E-state index in [1.165, 1.54) is 10.7 Å². The Morgan fingerprint density at radius 2 is 2.00 bits per heavy atom. The van der Waals surface area contributed by atoms with Gasteiger partial charge in [0.1, 0.15) is 0 Å². The standard InChI is InChI=1S/C17H14F2N4O/c1-10-3-2-4-17(21-10)23-9-12(15(22-23)8-16(20)24)11-5-6-13(18)14(19)7-11/h2-7,9H,8H2,1H3,(H2,20,24). The number of hydrogen-bond acceptors (Lipinski definition) is 3. The first kappa shape index (κ1) is 15.8. The largest absolute Gasteiger partial charge is 0.369 e. The lowest BCUT2D eigenvalue weighted by Crippen LogP contribution is -2.14. The molecule has 3 rings (SSSR count). The molecule has 2 aromatic heterocycles. The summed E-state index contributed by atoms with van der Waals surface area (Å²) in [4.78, 5) is 15.6. The van der Waals surface area contributed by atoms with E-state index in [4.69, 9.17) is 5.73 Å². The van der Waals surface area contributed by atoms with Crippen molar-refractivity contribution in [2.75, 3.05) is 0 Å². The Balaban J connectivity index is 2.13. The van der Waals surface area contributed by atoms with Crippen LogP contribution in [0.1, 0.15) is 11.4 Å². The van der Waals surface area contributed by atoms with E-state index in [1.807, 2.05) is 19.1 Å². The number of amides is 1. The van der Waals surface area contributed by atoms with Gasteiger partial charge in [0.25, 0.3) is 0 Å². The number of aryl methyl sites for hydroxylation is 1.